The van der Waals surface area contributed by atoms with Crippen molar-refractivity contribution < 1.29 is 4.79 Å². The first-order chi connectivity index (χ1) is 7.25. The van der Waals surface area contributed by atoms with Gasteiger partial charge >= 0.3 is 0 Å². The smallest absolute Gasteiger partial charge is 0.239 e. The molecule has 1 saturated heterocycles. The van der Waals surface area contributed by atoms with Crippen molar-refractivity contribution in [2.24, 2.45) is 0 Å². The van der Waals surface area contributed by atoms with Crippen LogP contribution in [-0.4, -0.2) is 39.1 Å². The third-order valence-electron chi connectivity index (χ3n) is 2.58. The van der Waals surface area contributed by atoms with Gasteiger partial charge in [0, 0.05) is 25.9 Å². The summed E-state index contributed by atoms with van der Waals surface area (Å²) in [5.41, 5.74) is 5.36. The molecular formula is C9H15N5O. The van der Waals surface area contributed by atoms with Gasteiger partial charge in [-0.25, -0.2) is 0 Å². The Balaban J connectivity index is 1.80. The molecule has 0 aliphatic carbocycles. The molecule has 0 saturated carbocycles. The van der Waals surface area contributed by atoms with Crippen molar-refractivity contribution in [2.75, 3.05) is 18.8 Å². The number of amides is 1. The summed E-state index contributed by atoms with van der Waals surface area (Å²) in [5.74, 6) is 1.11. The van der Waals surface area contributed by atoms with Crippen molar-refractivity contribution in [2.45, 2.75) is 25.7 Å². The van der Waals surface area contributed by atoms with Gasteiger partial charge in [0.05, 0.1) is 0 Å². The summed E-state index contributed by atoms with van der Waals surface area (Å²) in [7, 11) is 0. The molecule has 0 radical (unpaired) electrons. The van der Waals surface area contributed by atoms with Gasteiger partial charge in [0.2, 0.25) is 11.9 Å². The maximum absolute atomic E-state index is 11.7. The fraction of sp³-hybridized carbons (Fsp3) is 0.667. The molecule has 1 amide bonds. The molecule has 82 valence electrons. The van der Waals surface area contributed by atoms with Crippen LogP contribution in [0.25, 0.3) is 0 Å². The Hall–Kier alpha value is -1.59. The number of rotatable bonds is 3. The van der Waals surface area contributed by atoms with E-state index in [2.05, 4.69) is 15.2 Å². The minimum absolute atomic E-state index is 0.197. The average molecular weight is 209 g/mol. The van der Waals surface area contributed by atoms with Crippen LogP contribution in [0.3, 0.4) is 0 Å². The lowest BCUT2D eigenvalue weighted by Gasteiger charge is -2.14. The van der Waals surface area contributed by atoms with Gasteiger partial charge in [-0.05, 0) is 12.8 Å². The number of hydrogen-bond acceptors (Lipinski definition) is 4. The summed E-state index contributed by atoms with van der Waals surface area (Å²) in [6, 6.07) is 0. The van der Waals surface area contributed by atoms with E-state index in [-0.39, 0.29) is 11.9 Å². The molecule has 1 fully saturated rings. The first-order valence-electron chi connectivity index (χ1n) is 5.20. The van der Waals surface area contributed by atoms with Crippen molar-refractivity contribution in [3.8, 4) is 0 Å². The Labute approximate surface area is 87.9 Å². The zero-order chi connectivity index (χ0) is 10.7. The van der Waals surface area contributed by atoms with E-state index in [4.69, 9.17) is 5.73 Å². The number of carbonyl (C=O) groups excluding carboxylic acids is 1. The fourth-order valence-electron chi connectivity index (χ4n) is 1.77. The molecule has 6 heteroatoms. The van der Waals surface area contributed by atoms with E-state index in [1.54, 1.807) is 0 Å². The molecule has 1 aliphatic rings. The fourth-order valence-corrected chi connectivity index (χ4v) is 1.77. The van der Waals surface area contributed by atoms with Gasteiger partial charge in [-0.3, -0.25) is 9.89 Å². The van der Waals surface area contributed by atoms with Crippen LogP contribution in [0.1, 0.15) is 25.1 Å². The predicted octanol–water partition coefficient (Wildman–Crippen LogP) is -0.0581. The number of nitrogens with two attached hydrogens (primary N) is 1. The van der Waals surface area contributed by atoms with Gasteiger partial charge in [-0.1, -0.05) is 0 Å². The first kappa shape index (κ1) is 9.95. The molecule has 0 aromatic carbocycles. The Bertz CT molecular complexity index is 342. The van der Waals surface area contributed by atoms with Crippen molar-refractivity contribution in [1.29, 1.82) is 0 Å². The molecule has 1 aliphatic heterocycles. The number of hydrogen-bond donors (Lipinski definition) is 2. The second kappa shape index (κ2) is 4.29. The number of aromatic amines is 1. The number of aromatic nitrogens is 3. The summed E-state index contributed by atoms with van der Waals surface area (Å²) in [6.07, 6.45) is 3.32. The molecule has 6 nitrogen and oxygen atoms in total. The molecular weight excluding hydrogens is 194 g/mol. The van der Waals surface area contributed by atoms with Crippen molar-refractivity contribution >= 4 is 11.9 Å². The van der Waals surface area contributed by atoms with E-state index < -0.39 is 0 Å². The van der Waals surface area contributed by atoms with Crippen LogP contribution in [0.2, 0.25) is 0 Å². The molecule has 0 unspecified atom stereocenters. The minimum Gasteiger partial charge on any atom is -0.367 e. The predicted molar refractivity (Wildman–Crippen MR) is 54.9 cm³/mol. The molecule has 3 N–H and O–H groups in total. The summed E-state index contributed by atoms with van der Waals surface area (Å²) < 4.78 is 0. The van der Waals surface area contributed by atoms with Gasteiger partial charge in [-0.2, -0.15) is 4.98 Å². The van der Waals surface area contributed by atoms with Gasteiger partial charge in [0.25, 0.3) is 0 Å². The summed E-state index contributed by atoms with van der Waals surface area (Å²) in [6.45, 7) is 1.80. The number of nitrogens with zero attached hydrogens (tertiary/aromatic N) is 3. The van der Waals surface area contributed by atoms with Crippen LogP contribution >= 0.6 is 0 Å². The van der Waals surface area contributed by atoms with E-state index in [0.717, 1.165) is 25.9 Å². The first-order valence-corrected chi connectivity index (χ1v) is 5.20. The van der Waals surface area contributed by atoms with Crippen LogP contribution < -0.4 is 5.73 Å². The lowest BCUT2D eigenvalue weighted by molar-refractivity contribution is -0.130. The highest BCUT2D eigenvalue weighted by Crippen LogP contribution is 2.10. The molecule has 2 rings (SSSR count). The number of H-pyrrole nitrogens is 1. The van der Waals surface area contributed by atoms with Crippen LogP contribution in [-0.2, 0) is 11.2 Å². The maximum Gasteiger partial charge on any atom is 0.239 e. The minimum atomic E-state index is 0.197. The highest BCUT2D eigenvalue weighted by molar-refractivity contribution is 5.76. The second-order valence-electron chi connectivity index (χ2n) is 3.73. The summed E-state index contributed by atoms with van der Waals surface area (Å²) in [4.78, 5) is 17.5. The topological polar surface area (TPSA) is 87.9 Å². The highest BCUT2D eigenvalue weighted by Gasteiger charge is 2.17. The lowest BCUT2D eigenvalue weighted by atomic mass is 10.2. The number of carbonyl (C=O) groups is 1. The largest absolute Gasteiger partial charge is 0.367 e. The van der Waals surface area contributed by atoms with Gasteiger partial charge in [0.1, 0.15) is 5.82 Å². The van der Waals surface area contributed by atoms with Crippen LogP contribution in [0, 0.1) is 0 Å². The normalized spacial score (nSPS) is 15.9. The second-order valence-corrected chi connectivity index (χ2v) is 3.73. The van der Waals surface area contributed by atoms with E-state index in [0.29, 0.717) is 18.7 Å². The van der Waals surface area contributed by atoms with Crippen molar-refractivity contribution in [1.82, 2.24) is 20.1 Å². The van der Waals surface area contributed by atoms with Crippen LogP contribution in [0.4, 0.5) is 5.95 Å². The summed E-state index contributed by atoms with van der Waals surface area (Å²) in [5, 5.41) is 6.40. The number of aryl methyl sites for hydroxylation is 1. The van der Waals surface area contributed by atoms with Crippen LogP contribution in [0.15, 0.2) is 0 Å². The maximum atomic E-state index is 11.7. The van der Waals surface area contributed by atoms with E-state index in [1.165, 1.54) is 0 Å². The zero-order valence-electron chi connectivity index (χ0n) is 8.57. The molecule has 0 bridgehead atoms. The average Bonchev–Trinajstić information content (AvgIpc) is 2.84. The molecule has 1 aromatic rings. The zero-order valence-corrected chi connectivity index (χ0v) is 8.57. The molecule has 1 aromatic heterocycles. The van der Waals surface area contributed by atoms with Gasteiger partial charge < -0.3 is 10.6 Å². The Morgan fingerprint density at radius 3 is 2.80 bits per heavy atom. The quantitative estimate of drug-likeness (QED) is 0.730. The Morgan fingerprint density at radius 2 is 2.20 bits per heavy atom. The standard InChI is InChI=1S/C9H15N5O/c10-9-11-7(12-13-9)3-4-8(15)14-5-1-2-6-14/h1-6H2,(H3,10,11,12,13). The van der Waals surface area contributed by atoms with E-state index in [1.807, 2.05) is 4.90 Å². The third-order valence-corrected chi connectivity index (χ3v) is 2.58. The summed E-state index contributed by atoms with van der Waals surface area (Å²) >= 11 is 0. The monoisotopic (exact) mass is 209 g/mol. The van der Waals surface area contributed by atoms with Crippen LogP contribution in [0.5, 0.6) is 0 Å². The molecule has 15 heavy (non-hydrogen) atoms. The van der Waals surface area contributed by atoms with Crippen molar-refractivity contribution in [3.05, 3.63) is 5.82 Å². The molecule has 0 spiro atoms. The molecule has 2 heterocycles. The number of anilines is 1. The molecule has 0 atom stereocenters. The number of nitrogens with one attached hydrogen (secondary N) is 1. The SMILES string of the molecule is Nc1n[nH]c(CCC(=O)N2CCCC2)n1. The number of nitrogen functional groups attached to an aromatic ring is 1. The van der Waals surface area contributed by atoms with Crippen molar-refractivity contribution in [3.63, 3.8) is 0 Å². The van der Waals surface area contributed by atoms with Gasteiger partial charge in [0.15, 0.2) is 0 Å². The van der Waals surface area contributed by atoms with Gasteiger partial charge in [-0.15, -0.1) is 5.10 Å². The lowest BCUT2D eigenvalue weighted by Crippen LogP contribution is -2.27. The number of likely N-dealkylation sites (tertiary alicyclic amines) is 1. The van der Waals surface area contributed by atoms with E-state index >= 15 is 0 Å². The Morgan fingerprint density at radius 1 is 1.47 bits per heavy atom. The Kier molecular flexibility index (Phi) is 2.84. The highest BCUT2D eigenvalue weighted by atomic mass is 16.2. The third kappa shape index (κ3) is 2.45. The van der Waals surface area contributed by atoms with E-state index in [9.17, 15) is 4.79 Å².